The summed E-state index contributed by atoms with van der Waals surface area (Å²) >= 11 is 0. The van der Waals surface area contributed by atoms with Crippen molar-refractivity contribution in [3.8, 4) is 28.3 Å². The Labute approximate surface area is 290 Å². The molecule has 4 aromatic rings. The van der Waals surface area contributed by atoms with Crippen LogP contribution in [0.1, 0.15) is 87.7 Å². The van der Waals surface area contributed by atoms with E-state index in [4.69, 9.17) is 4.74 Å². The number of carboxylic acids is 1. The zero-order valence-corrected chi connectivity index (χ0v) is 29.2. The number of nitrogens with zero attached hydrogens (tertiary/aromatic N) is 2. The van der Waals surface area contributed by atoms with Crippen LogP contribution in [0.3, 0.4) is 0 Å². The largest absolute Gasteiger partial charge is 0.494 e. The molecule has 1 aliphatic carbocycles. The van der Waals surface area contributed by atoms with Crippen molar-refractivity contribution in [3.05, 3.63) is 102 Å². The van der Waals surface area contributed by atoms with E-state index in [1.165, 1.54) is 32.1 Å². The fourth-order valence-electron chi connectivity index (χ4n) is 6.23. The van der Waals surface area contributed by atoms with E-state index in [0.717, 1.165) is 52.5 Å². The van der Waals surface area contributed by atoms with Gasteiger partial charge in [-0.05, 0) is 72.1 Å². The number of aliphatic carboxylic acids is 1. The Morgan fingerprint density at radius 1 is 0.857 bits per heavy atom. The number of carbonyl (C=O) groups excluding carboxylic acids is 1. The van der Waals surface area contributed by atoms with Crippen LogP contribution in [-0.4, -0.2) is 52.2 Å². The summed E-state index contributed by atoms with van der Waals surface area (Å²) in [6.45, 7) is 9.06. The molecule has 0 spiro atoms. The summed E-state index contributed by atoms with van der Waals surface area (Å²) in [4.78, 5) is 33.9. The number of carboxylic acid groups (broad SMARTS) is 1. The molecular weight excluding hydrogens is 612 g/mol. The van der Waals surface area contributed by atoms with E-state index in [1.807, 2.05) is 85.2 Å². The molecule has 1 aromatic heterocycles. The first-order chi connectivity index (χ1) is 23.5. The van der Waals surface area contributed by atoms with E-state index in [9.17, 15) is 14.7 Å². The van der Waals surface area contributed by atoms with Gasteiger partial charge in [0.05, 0.1) is 6.61 Å². The van der Waals surface area contributed by atoms with Gasteiger partial charge in [0.25, 0.3) is 5.91 Å². The van der Waals surface area contributed by atoms with Crippen molar-refractivity contribution in [2.75, 3.05) is 13.2 Å². The van der Waals surface area contributed by atoms with Crippen molar-refractivity contribution in [1.82, 2.24) is 20.6 Å². The number of hydrogen-bond donors (Lipinski definition) is 3. The maximum atomic E-state index is 13.2. The highest BCUT2D eigenvalue weighted by atomic mass is 16.5. The van der Waals surface area contributed by atoms with Crippen LogP contribution in [0, 0.1) is 5.92 Å². The van der Waals surface area contributed by atoms with Crippen LogP contribution in [0.25, 0.3) is 22.5 Å². The molecule has 1 saturated carbocycles. The van der Waals surface area contributed by atoms with Crippen LogP contribution in [-0.2, 0) is 16.6 Å². The molecule has 1 amide bonds. The Morgan fingerprint density at radius 3 is 2.10 bits per heavy atom. The van der Waals surface area contributed by atoms with Crippen LogP contribution >= 0.6 is 0 Å². The molecule has 1 aliphatic rings. The normalized spacial score (nSPS) is 14.9. The van der Waals surface area contributed by atoms with E-state index in [-0.39, 0.29) is 17.4 Å². The number of carbonyl (C=O) groups is 2. The van der Waals surface area contributed by atoms with Crippen LogP contribution < -0.4 is 15.4 Å². The Bertz CT molecular complexity index is 1640. The third-order valence-corrected chi connectivity index (χ3v) is 9.44. The highest BCUT2D eigenvalue weighted by Gasteiger charge is 2.20. The number of ether oxygens (including phenoxy) is 1. The van der Waals surface area contributed by atoms with E-state index in [1.54, 1.807) is 6.92 Å². The minimum Gasteiger partial charge on any atom is -0.494 e. The molecule has 8 nitrogen and oxygen atoms in total. The van der Waals surface area contributed by atoms with Crippen molar-refractivity contribution in [2.45, 2.75) is 90.1 Å². The molecule has 0 saturated heterocycles. The first-order valence-electron chi connectivity index (χ1n) is 17.6. The third-order valence-electron chi connectivity index (χ3n) is 9.44. The van der Waals surface area contributed by atoms with Gasteiger partial charge in [-0.3, -0.25) is 9.59 Å². The second-order valence-electron chi connectivity index (χ2n) is 14.3. The van der Waals surface area contributed by atoms with Crippen molar-refractivity contribution in [3.63, 3.8) is 0 Å². The minimum atomic E-state index is -0.940. The van der Waals surface area contributed by atoms with Gasteiger partial charge in [-0.2, -0.15) is 0 Å². The Morgan fingerprint density at radius 2 is 1.49 bits per heavy atom. The number of nitrogens with one attached hydrogen (secondary N) is 2. The average molecular weight is 663 g/mol. The Balaban J connectivity index is 1.18. The quantitative estimate of drug-likeness (QED) is 0.126. The molecule has 0 radical (unpaired) electrons. The smallest absolute Gasteiger partial charge is 0.320 e. The summed E-state index contributed by atoms with van der Waals surface area (Å²) in [7, 11) is 0. The SMILES string of the molecule is C[C@@H](NC[C@H](Cc1ccc(-c2ncc(-c3ccc(OCCC4CCCCC4)cc3)cn2)cc1)NC(=O)c1ccc(C(C)(C)C)cc1)C(=O)O. The molecule has 2 atom stereocenters. The maximum Gasteiger partial charge on any atom is 0.320 e. The molecule has 1 heterocycles. The lowest BCUT2D eigenvalue weighted by molar-refractivity contribution is -0.139. The third kappa shape index (κ3) is 10.5. The van der Waals surface area contributed by atoms with Crippen molar-refractivity contribution < 1.29 is 19.4 Å². The molecule has 0 unspecified atom stereocenters. The molecule has 3 N–H and O–H groups in total. The highest BCUT2D eigenvalue weighted by molar-refractivity contribution is 5.94. The number of benzene rings is 3. The van der Waals surface area contributed by atoms with Gasteiger partial charge in [0.15, 0.2) is 5.82 Å². The lowest BCUT2D eigenvalue weighted by Gasteiger charge is -2.22. The lowest BCUT2D eigenvalue weighted by atomic mass is 9.86. The molecule has 0 bridgehead atoms. The monoisotopic (exact) mass is 662 g/mol. The number of amides is 1. The van der Waals surface area contributed by atoms with Gasteiger partial charge in [0, 0.05) is 41.7 Å². The molecule has 49 heavy (non-hydrogen) atoms. The van der Waals surface area contributed by atoms with E-state index >= 15 is 0 Å². The number of hydrogen-bond acceptors (Lipinski definition) is 6. The summed E-state index contributed by atoms with van der Waals surface area (Å²) < 4.78 is 6.02. The molecule has 3 aromatic carbocycles. The van der Waals surface area contributed by atoms with Crippen LogP contribution in [0.5, 0.6) is 5.75 Å². The van der Waals surface area contributed by atoms with Gasteiger partial charge in [-0.25, -0.2) is 9.97 Å². The molecule has 5 rings (SSSR count). The fraction of sp³-hybridized carbons (Fsp3) is 0.415. The minimum absolute atomic E-state index is 0.0111. The summed E-state index contributed by atoms with van der Waals surface area (Å²) in [5.41, 5.74) is 5.55. The number of aromatic nitrogens is 2. The zero-order chi connectivity index (χ0) is 34.8. The molecule has 8 heteroatoms. The molecule has 258 valence electrons. The maximum absolute atomic E-state index is 13.2. The first-order valence-corrected chi connectivity index (χ1v) is 17.6. The summed E-state index contributed by atoms with van der Waals surface area (Å²) in [5, 5.41) is 15.5. The Hall–Kier alpha value is -4.56. The summed E-state index contributed by atoms with van der Waals surface area (Å²) in [5.74, 6) is 1.18. The molecule has 1 fully saturated rings. The van der Waals surface area contributed by atoms with Crippen LogP contribution in [0.4, 0.5) is 0 Å². The predicted octanol–water partition coefficient (Wildman–Crippen LogP) is 7.86. The van der Waals surface area contributed by atoms with Gasteiger partial charge in [-0.15, -0.1) is 0 Å². The highest BCUT2D eigenvalue weighted by Crippen LogP contribution is 2.28. The van der Waals surface area contributed by atoms with Crippen molar-refractivity contribution in [1.29, 1.82) is 0 Å². The number of rotatable bonds is 14. The predicted molar refractivity (Wildman–Crippen MR) is 195 cm³/mol. The zero-order valence-electron chi connectivity index (χ0n) is 29.2. The molecule has 0 aliphatic heterocycles. The van der Waals surface area contributed by atoms with E-state index in [2.05, 4.69) is 41.4 Å². The van der Waals surface area contributed by atoms with E-state index in [0.29, 0.717) is 24.4 Å². The second kappa shape index (κ2) is 16.7. The standard InChI is InChI=1S/C41H50N4O4/c1-28(40(47)48)42-27-36(45-39(46)33-14-18-35(19-15-33)41(2,3)4)24-30-10-12-32(13-11-30)38-43-25-34(26-44-38)31-16-20-37(21-17-31)49-23-22-29-8-6-5-7-9-29/h10-21,25-26,28-29,36,42H,5-9,22-24,27H2,1-4H3,(H,45,46)(H,47,48)/t28-,36+/m1/s1. The van der Waals surface area contributed by atoms with Gasteiger partial charge in [-0.1, -0.05) is 101 Å². The summed E-state index contributed by atoms with van der Waals surface area (Å²) in [6, 6.07) is 22.6. The van der Waals surface area contributed by atoms with Gasteiger partial charge in [0.1, 0.15) is 11.8 Å². The van der Waals surface area contributed by atoms with Crippen molar-refractivity contribution in [2.24, 2.45) is 5.92 Å². The van der Waals surface area contributed by atoms with Gasteiger partial charge in [0.2, 0.25) is 0 Å². The van der Waals surface area contributed by atoms with Gasteiger partial charge >= 0.3 is 5.97 Å². The topological polar surface area (TPSA) is 113 Å². The lowest BCUT2D eigenvalue weighted by Crippen LogP contribution is -2.47. The van der Waals surface area contributed by atoms with E-state index < -0.39 is 12.0 Å². The Kier molecular flexibility index (Phi) is 12.2. The molecular formula is C41H50N4O4. The van der Waals surface area contributed by atoms with Crippen molar-refractivity contribution >= 4 is 11.9 Å². The first kappa shape index (κ1) is 35.7. The van der Waals surface area contributed by atoms with Crippen LogP contribution in [0.2, 0.25) is 0 Å². The summed E-state index contributed by atoms with van der Waals surface area (Å²) in [6.07, 6.45) is 12.1. The van der Waals surface area contributed by atoms with Gasteiger partial charge < -0.3 is 20.5 Å². The average Bonchev–Trinajstić information content (AvgIpc) is 3.11. The second-order valence-corrected chi connectivity index (χ2v) is 14.3. The fourth-order valence-corrected chi connectivity index (χ4v) is 6.23. The van der Waals surface area contributed by atoms with Crippen LogP contribution in [0.15, 0.2) is 85.2 Å².